The first-order chi connectivity index (χ1) is 14.5. The number of aryl methyl sites for hydroxylation is 1. The van der Waals surface area contributed by atoms with Crippen LogP contribution in [0.25, 0.3) is 5.52 Å². The smallest absolute Gasteiger partial charge is 0.292 e. The van der Waals surface area contributed by atoms with Gasteiger partial charge in [0.2, 0.25) is 5.82 Å². The Labute approximate surface area is 174 Å². The quantitative estimate of drug-likeness (QED) is 0.524. The minimum atomic E-state index is -0.379. The molecule has 0 fully saturated rings. The Bertz CT molecular complexity index is 1200. The molecule has 0 saturated heterocycles. The fourth-order valence-electron chi connectivity index (χ4n) is 3.28. The summed E-state index contributed by atoms with van der Waals surface area (Å²) in [6.07, 6.45) is 1.73. The average molecular weight is 398 g/mol. The summed E-state index contributed by atoms with van der Waals surface area (Å²) in [5.74, 6) is -0.552. The van der Waals surface area contributed by atoms with Gasteiger partial charge in [0.15, 0.2) is 5.69 Å². The van der Waals surface area contributed by atoms with E-state index in [1.807, 2.05) is 74.5 Å². The van der Waals surface area contributed by atoms with Gasteiger partial charge in [-0.2, -0.15) is 0 Å². The van der Waals surface area contributed by atoms with Gasteiger partial charge in [-0.1, -0.05) is 54.1 Å². The van der Waals surface area contributed by atoms with Gasteiger partial charge in [0.05, 0.1) is 11.6 Å². The lowest BCUT2D eigenvalue weighted by atomic mass is 10.1. The maximum absolute atomic E-state index is 13.0. The van der Waals surface area contributed by atoms with E-state index >= 15 is 0 Å². The Morgan fingerprint density at radius 3 is 2.33 bits per heavy atom. The molecule has 0 spiro atoms. The fourth-order valence-corrected chi connectivity index (χ4v) is 3.28. The number of amides is 2. The van der Waals surface area contributed by atoms with Crippen LogP contribution in [-0.4, -0.2) is 21.2 Å². The summed E-state index contributed by atoms with van der Waals surface area (Å²) in [7, 11) is 0. The minimum Gasteiger partial charge on any atom is -0.344 e. The second-order valence-electron chi connectivity index (χ2n) is 7.17. The molecule has 0 saturated carbocycles. The predicted molar refractivity (Wildman–Crippen MR) is 117 cm³/mol. The van der Waals surface area contributed by atoms with Crippen LogP contribution >= 0.6 is 0 Å². The molecule has 2 heterocycles. The van der Waals surface area contributed by atoms with Gasteiger partial charge in [0.25, 0.3) is 11.8 Å². The zero-order valence-corrected chi connectivity index (χ0v) is 16.8. The van der Waals surface area contributed by atoms with Crippen molar-refractivity contribution >= 4 is 23.0 Å². The highest BCUT2D eigenvalue weighted by Gasteiger charge is 2.22. The standard InChI is InChI=1S/C24H22N4O2/c1-16-11-13-19(14-12-16)26-24(30)22-27-21(20-10-6-7-15-28(20)22)23(29)25-17(2)18-8-4-3-5-9-18/h3-15,17H,1-2H3,(H,25,29)(H,26,30). The number of anilines is 1. The van der Waals surface area contributed by atoms with E-state index in [4.69, 9.17) is 0 Å². The van der Waals surface area contributed by atoms with Crippen LogP contribution < -0.4 is 10.6 Å². The Morgan fingerprint density at radius 2 is 1.60 bits per heavy atom. The van der Waals surface area contributed by atoms with E-state index in [0.29, 0.717) is 11.2 Å². The molecule has 4 aromatic rings. The van der Waals surface area contributed by atoms with E-state index in [0.717, 1.165) is 11.1 Å². The Morgan fingerprint density at radius 1 is 0.900 bits per heavy atom. The van der Waals surface area contributed by atoms with Gasteiger partial charge in [-0.05, 0) is 43.7 Å². The molecule has 6 nitrogen and oxygen atoms in total. The molecule has 0 aliphatic heterocycles. The van der Waals surface area contributed by atoms with Gasteiger partial charge >= 0.3 is 0 Å². The monoisotopic (exact) mass is 398 g/mol. The number of pyridine rings is 1. The first-order valence-corrected chi connectivity index (χ1v) is 9.74. The molecule has 6 heteroatoms. The van der Waals surface area contributed by atoms with Crippen LogP contribution in [0, 0.1) is 6.92 Å². The average Bonchev–Trinajstić information content (AvgIpc) is 3.16. The normalized spacial score (nSPS) is 11.8. The van der Waals surface area contributed by atoms with Gasteiger partial charge in [-0.3, -0.25) is 14.0 Å². The zero-order valence-electron chi connectivity index (χ0n) is 16.8. The molecular weight excluding hydrogens is 376 g/mol. The lowest BCUT2D eigenvalue weighted by Crippen LogP contribution is -2.27. The van der Waals surface area contributed by atoms with Crippen molar-refractivity contribution in [3.8, 4) is 0 Å². The van der Waals surface area contributed by atoms with E-state index in [9.17, 15) is 9.59 Å². The number of hydrogen-bond acceptors (Lipinski definition) is 3. The number of nitrogens with one attached hydrogen (secondary N) is 2. The van der Waals surface area contributed by atoms with Crippen LogP contribution in [0.5, 0.6) is 0 Å². The van der Waals surface area contributed by atoms with Crippen molar-refractivity contribution in [3.63, 3.8) is 0 Å². The molecule has 0 aliphatic carbocycles. The molecule has 30 heavy (non-hydrogen) atoms. The van der Waals surface area contributed by atoms with Crippen LogP contribution in [-0.2, 0) is 0 Å². The third kappa shape index (κ3) is 3.93. The predicted octanol–water partition coefficient (Wildman–Crippen LogP) is 4.39. The molecule has 4 rings (SSSR count). The van der Waals surface area contributed by atoms with Crippen molar-refractivity contribution in [2.45, 2.75) is 19.9 Å². The number of aromatic nitrogens is 2. The second-order valence-corrected chi connectivity index (χ2v) is 7.17. The van der Waals surface area contributed by atoms with Crippen molar-refractivity contribution in [1.29, 1.82) is 0 Å². The Balaban J connectivity index is 1.62. The number of fused-ring (bicyclic) bond motifs is 1. The highest BCUT2D eigenvalue weighted by atomic mass is 16.2. The summed E-state index contributed by atoms with van der Waals surface area (Å²) in [6.45, 7) is 3.89. The molecule has 0 aliphatic rings. The maximum atomic E-state index is 13.0. The Hall–Kier alpha value is -3.93. The number of nitrogens with zero attached hydrogens (tertiary/aromatic N) is 2. The molecule has 2 aromatic heterocycles. The summed E-state index contributed by atoms with van der Waals surface area (Å²) in [5.41, 5.74) is 3.55. The Kier molecular flexibility index (Phi) is 5.30. The van der Waals surface area contributed by atoms with E-state index in [2.05, 4.69) is 15.6 Å². The van der Waals surface area contributed by atoms with Crippen molar-refractivity contribution < 1.29 is 9.59 Å². The van der Waals surface area contributed by atoms with Crippen LogP contribution in [0.15, 0.2) is 79.0 Å². The number of carbonyl (C=O) groups is 2. The summed E-state index contributed by atoms with van der Waals surface area (Å²) in [5, 5.41) is 5.81. The van der Waals surface area contributed by atoms with Crippen LogP contribution in [0.1, 0.15) is 45.2 Å². The van der Waals surface area contributed by atoms with Crippen LogP contribution in [0.2, 0.25) is 0 Å². The highest BCUT2D eigenvalue weighted by Crippen LogP contribution is 2.18. The molecule has 2 aromatic carbocycles. The summed E-state index contributed by atoms with van der Waals surface area (Å²) >= 11 is 0. The van der Waals surface area contributed by atoms with Crippen molar-refractivity contribution in [2.24, 2.45) is 0 Å². The number of carbonyl (C=O) groups excluding carboxylic acids is 2. The number of rotatable bonds is 5. The van der Waals surface area contributed by atoms with Crippen molar-refractivity contribution in [2.75, 3.05) is 5.32 Å². The lowest BCUT2D eigenvalue weighted by Gasteiger charge is -2.13. The van der Waals surface area contributed by atoms with Gasteiger partial charge in [0.1, 0.15) is 0 Å². The van der Waals surface area contributed by atoms with Gasteiger partial charge in [-0.25, -0.2) is 4.98 Å². The molecule has 150 valence electrons. The van der Waals surface area contributed by atoms with Gasteiger partial charge in [0, 0.05) is 11.9 Å². The lowest BCUT2D eigenvalue weighted by molar-refractivity contribution is 0.0937. The first kappa shape index (κ1) is 19.4. The molecule has 1 unspecified atom stereocenters. The van der Waals surface area contributed by atoms with E-state index in [1.54, 1.807) is 22.7 Å². The molecule has 0 bridgehead atoms. The minimum absolute atomic E-state index is 0.156. The number of benzene rings is 2. The summed E-state index contributed by atoms with van der Waals surface area (Å²) in [6, 6.07) is 22.4. The summed E-state index contributed by atoms with van der Waals surface area (Å²) in [4.78, 5) is 30.2. The number of hydrogen-bond donors (Lipinski definition) is 2. The molecule has 2 amide bonds. The van der Waals surface area contributed by atoms with E-state index in [1.165, 1.54) is 0 Å². The third-order valence-corrected chi connectivity index (χ3v) is 4.92. The van der Waals surface area contributed by atoms with Crippen molar-refractivity contribution in [3.05, 3.63) is 102 Å². The third-order valence-electron chi connectivity index (χ3n) is 4.92. The summed E-state index contributed by atoms with van der Waals surface area (Å²) < 4.78 is 1.63. The SMILES string of the molecule is Cc1ccc(NC(=O)c2nc(C(=O)NC(C)c3ccccc3)c3ccccn23)cc1. The van der Waals surface area contributed by atoms with Gasteiger partial charge in [-0.15, -0.1) is 0 Å². The van der Waals surface area contributed by atoms with E-state index < -0.39 is 0 Å². The van der Waals surface area contributed by atoms with Crippen molar-refractivity contribution in [1.82, 2.24) is 14.7 Å². The molecular formula is C24H22N4O2. The molecule has 0 radical (unpaired) electrons. The fraction of sp³-hybridized carbons (Fsp3) is 0.125. The van der Waals surface area contributed by atoms with E-state index in [-0.39, 0.29) is 29.4 Å². The van der Waals surface area contributed by atoms with Crippen LogP contribution in [0.3, 0.4) is 0 Å². The molecule has 1 atom stereocenters. The largest absolute Gasteiger partial charge is 0.344 e. The second kappa shape index (κ2) is 8.21. The van der Waals surface area contributed by atoms with Crippen LogP contribution in [0.4, 0.5) is 5.69 Å². The topological polar surface area (TPSA) is 75.5 Å². The van der Waals surface area contributed by atoms with Gasteiger partial charge < -0.3 is 10.6 Å². The highest BCUT2D eigenvalue weighted by molar-refractivity contribution is 6.06. The molecule has 2 N–H and O–H groups in total. The maximum Gasteiger partial charge on any atom is 0.292 e. The zero-order chi connectivity index (χ0) is 21.1. The number of imidazole rings is 1. The first-order valence-electron chi connectivity index (χ1n) is 9.74.